The quantitative estimate of drug-likeness (QED) is 0.451. The van der Waals surface area contributed by atoms with E-state index in [0.717, 1.165) is 12.1 Å². The molecule has 0 saturated carbocycles. The number of nitrogens with one attached hydrogen (secondary N) is 1. The fourth-order valence-corrected chi connectivity index (χ4v) is 3.45. The van der Waals surface area contributed by atoms with Gasteiger partial charge in [-0.25, -0.2) is 8.42 Å². The van der Waals surface area contributed by atoms with Crippen LogP contribution in [0.2, 0.25) is 0 Å². The highest BCUT2D eigenvalue weighted by Gasteiger charge is 2.31. The van der Waals surface area contributed by atoms with Crippen molar-refractivity contribution in [2.24, 2.45) is 0 Å². The van der Waals surface area contributed by atoms with E-state index in [2.05, 4.69) is 9.47 Å². The minimum Gasteiger partial charge on any atom is -0.484 e. The topological polar surface area (TPSA) is 81.7 Å². The summed E-state index contributed by atoms with van der Waals surface area (Å²) in [4.78, 5) is 10.6. The number of ketones is 1. The van der Waals surface area contributed by atoms with Crippen LogP contribution in [-0.2, 0) is 10.0 Å². The first-order valence-corrected chi connectivity index (χ1v) is 9.81. The summed E-state index contributed by atoms with van der Waals surface area (Å²) in [5.74, 6) is -1.70. The molecule has 13 heteroatoms. The Morgan fingerprint density at radius 3 is 2.13 bits per heavy atom. The van der Waals surface area contributed by atoms with Crippen LogP contribution in [0.15, 0.2) is 47.4 Å². The average Bonchev–Trinajstić information content (AvgIpc) is 2.63. The number of rotatable bonds is 8. The molecule has 0 amide bonds. The van der Waals surface area contributed by atoms with Gasteiger partial charge in [-0.2, -0.15) is 26.3 Å². The zero-order chi connectivity index (χ0) is 23.4. The van der Waals surface area contributed by atoms with E-state index in [0.29, 0.717) is 6.07 Å². The van der Waals surface area contributed by atoms with Crippen LogP contribution in [0.4, 0.5) is 32.0 Å². The maximum absolute atomic E-state index is 12.7. The maximum Gasteiger partial charge on any atom is 0.422 e. The molecule has 170 valence electrons. The molecule has 6 nitrogen and oxygen atoms in total. The van der Waals surface area contributed by atoms with E-state index in [1.54, 1.807) is 0 Å². The summed E-state index contributed by atoms with van der Waals surface area (Å²) in [6, 6.07) is 7.41. The smallest absolute Gasteiger partial charge is 0.422 e. The van der Waals surface area contributed by atoms with E-state index in [-0.39, 0.29) is 17.0 Å². The van der Waals surface area contributed by atoms with E-state index in [9.17, 15) is 39.6 Å². The molecule has 0 aliphatic rings. The molecule has 0 fully saturated rings. The van der Waals surface area contributed by atoms with Crippen LogP contribution in [0, 0.1) is 0 Å². The van der Waals surface area contributed by atoms with Gasteiger partial charge in [0.15, 0.2) is 19.0 Å². The average molecular weight is 471 g/mol. The van der Waals surface area contributed by atoms with Crippen molar-refractivity contribution < 1.29 is 49.0 Å². The molecule has 2 aromatic carbocycles. The number of hydrogen-bond donors (Lipinski definition) is 1. The Morgan fingerprint density at radius 2 is 1.55 bits per heavy atom. The van der Waals surface area contributed by atoms with Gasteiger partial charge in [-0.1, -0.05) is 12.1 Å². The van der Waals surface area contributed by atoms with Crippen molar-refractivity contribution in [1.29, 1.82) is 0 Å². The van der Waals surface area contributed by atoms with Crippen molar-refractivity contribution in [2.45, 2.75) is 24.2 Å². The molecule has 0 bridgehead atoms. The van der Waals surface area contributed by atoms with Crippen LogP contribution in [0.1, 0.15) is 17.3 Å². The summed E-state index contributed by atoms with van der Waals surface area (Å²) in [7, 11) is -4.65. The molecule has 1 N–H and O–H groups in total. The number of ether oxygens (including phenoxy) is 2. The molecule has 0 heterocycles. The number of anilines is 1. The Bertz CT molecular complexity index is 1050. The van der Waals surface area contributed by atoms with E-state index >= 15 is 0 Å². The Kier molecular flexibility index (Phi) is 7.09. The zero-order valence-electron chi connectivity index (χ0n) is 15.7. The second-order valence-electron chi connectivity index (χ2n) is 6.16. The predicted molar refractivity (Wildman–Crippen MR) is 96.8 cm³/mol. The molecule has 2 rings (SSSR count). The summed E-state index contributed by atoms with van der Waals surface area (Å²) >= 11 is 0. The van der Waals surface area contributed by atoms with Gasteiger partial charge in [0.05, 0.1) is 0 Å². The van der Waals surface area contributed by atoms with Crippen molar-refractivity contribution in [3.63, 3.8) is 0 Å². The SMILES string of the molecule is CC(=O)c1cccc(NS(=O)(=O)c2cc(OCC(F)(F)F)ccc2OCC(F)(F)F)c1. The van der Waals surface area contributed by atoms with Crippen molar-refractivity contribution in [1.82, 2.24) is 0 Å². The lowest BCUT2D eigenvalue weighted by Crippen LogP contribution is -2.22. The molecule has 2 aromatic rings. The lowest BCUT2D eigenvalue weighted by Gasteiger charge is -2.16. The molecule has 0 aromatic heterocycles. The van der Waals surface area contributed by atoms with E-state index in [1.165, 1.54) is 31.2 Å². The first-order chi connectivity index (χ1) is 14.2. The predicted octanol–water partition coefficient (Wildman–Crippen LogP) is 4.57. The van der Waals surface area contributed by atoms with Gasteiger partial charge in [0.25, 0.3) is 10.0 Å². The van der Waals surface area contributed by atoms with E-state index < -0.39 is 52.0 Å². The van der Waals surface area contributed by atoms with Gasteiger partial charge in [-0.3, -0.25) is 9.52 Å². The maximum atomic E-state index is 12.7. The van der Waals surface area contributed by atoms with Crippen LogP contribution in [0.3, 0.4) is 0 Å². The van der Waals surface area contributed by atoms with Crippen molar-refractivity contribution in [2.75, 3.05) is 17.9 Å². The number of carbonyl (C=O) groups excluding carboxylic acids is 1. The summed E-state index contributed by atoms with van der Waals surface area (Å²) in [6.45, 7) is -2.35. The normalized spacial score (nSPS) is 12.4. The summed E-state index contributed by atoms with van der Waals surface area (Å²) in [5.41, 5.74) is 0.0482. The standard InChI is InChI=1S/C18H15F6NO5S/c1-11(26)12-3-2-4-13(7-12)25-31(27,28)16-8-14(29-9-17(19,20)21)5-6-15(16)30-10-18(22,23)24/h2-8,25H,9-10H2,1H3. The third kappa shape index (κ3) is 7.66. The monoisotopic (exact) mass is 471 g/mol. The molecule has 0 radical (unpaired) electrons. The van der Waals surface area contributed by atoms with Crippen LogP contribution >= 0.6 is 0 Å². The first-order valence-electron chi connectivity index (χ1n) is 8.33. The molecular formula is C18H15F6NO5S. The summed E-state index contributed by atoms with van der Waals surface area (Å²) in [5, 5.41) is 0. The fourth-order valence-electron chi connectivity index (χ4n) is 2.24. The van der Waals surface area contributed by atoms with Gasteiger partial charge in [-0.05, 0) is 31.2 Å². The van der Waals surface area contributed by atoms with Gasteiger partial charge in [0.2, 0.25) is 0 Å². The molecule has 0 saturated heterocycles. The van der Waals surface area contributed by atoms with E-state index in [4.69, 9.17) is 0 Å². The van der Waals surface area contributed by atoms with Crippen molar-refractivity contribution in [3.8, 4) is 11.5 Å². The highest BCUT2D eigenvalue weighted by Crippen LogP contribution is 2.32. The van der Waals surface area contributed by atoms with Crippen LogP contribution < -0.4 is 14.2 Å². The van der Waals surface area contributed by atoms with Gasteiger partial charge in [0.1, 0.15) is 16.4 Å². The Morgan fingerprint density at radius 1 is 0.935 bits per heavy atom. The minimum absolute atomic E-state index is 0.101. The largest absolute Gasteiger partial charge is 0.484 e. The molecule has 31 heavy (non-hydrogen) atoms. The van der Waals surface area contributed by atoms with Crippen molar-refractivity contribution in [3.05, 3.63) is 48.0 Å². The van der Waals surface area contributed by atoms with Crippen molar-refractivity contribution >= 4 is 21.5 Å². The lowest BCUT2D eigenvalue weighted by molar-refractivity contribution is -0.154. The first kappa shape index (κ1) is 24.3. The number of alkyl halides is 6. The molecule has 0 atom stereocenters. The second-order valence-corrected chi connectivity index (χ2v) is 7.81. The lowest BCUT2D eigenvalue weighted by atomic mass is 10.1. The molecule has 0 aliphatic heterocycles. The Hall–Kier alpha value is -2.96. The minimum atomic E-state index is -4.80. The summed E-state index contributed by atoms with van der Waals surface area (Å²) < 4.78 is 111. The second kappa shape index (κ2) is 9.04. The van der Waals surface area contributed by atoms with Gasteiger partial charge >= 0.3 is 12.4 Å². The fraction of sp³-hybridized carbons (Fsp3) is 0.278. The van der Waals surface area contributed by atoms with Gasteiger partial charge in [0, 0.05) is 17.3 Å². The number of halogens is 6. The number of Topliss-reactive ketones (excluding diaryl/α,β-unsaturated/α-hetero) is 1. The number of hydrogen-bond acceptors (Lipinski definition) is 5. The number of sulfonamides is 1. The van der Waals surface area contributed by atoms with Gasteiger partial charge in [-0.15, -0.1) is 0 Å². The van der Waals surface area contributed by atoms with Crippen LogP contribution in [0.5, 0.6) is 11.5 Å². The van der Waals surface area contributed by atoms with Crippen LogP contribution in [-0.4, -0.2) is 39.8 Å². The number of carbonyl (C=O) groups is 1. The van der Waals surface area contributed by atoms with Crippen LogP contribution in [0.25, 0.3) is 0 Å². The molecule has 0 unspecified atom stereocenters. The third-order valence-corrected chi connectivity index (χ3v) is 4.92. The summed E-state index contributed by atoms with van der Waals surface area (Å²) in [6.07, 6.45) is -9.52. The highest BCUT2D eigenvalue weighted by molar-refractivity contribution is 7.92. The molecular weight excluding hydrogens is 456 g/mol. The number of benzene rings is 2. The molecule has 0 aliphatic carbocycles. The molecule has 0 spiro atoms. The Balaban J connectivity index is 2.42. The Labute approximate surface area is 172 Å². The zero-order valence-corrected chi connectivity index (χ0v) is 16.5. The van der Waals surface area contributed by atoms with E-state index in [1.807, 2.05) is 4.72 Å². The van der Waals surface area contributed by atoms with Gasteiger partial charge < -0.3 is 9.47 Å². The highest BCUT2D eigenvalue weighted by atomic mass is 32.2. The third-order valence-electron chi connectivity index (χ3n) is 3.52.